The van der Waals surface area contributed by atoms with Gasteiger partial charge in [0, 0.05) is 11.5 Å². The second-order valence-corrected chi connectivity index (χ2v) is 7.99. The lowest BCUT2D eigenvalue weighted by atomic mass is 9.65. The van der Waals surface area contributed by atoms with Crippen molar-refractivity contribution in [1.29, 1.82) is 0 Å². The molecule has 0 amide bonds. The fourth-order valence-electron chi connectivity index (χ4n) is 2.11. The zero-order chi connectivity index (χ0) is 15.3. The summed E-state index contributed by atoms with van der Waals surface area (Å²) < 4.78 is 27.2. The molecule has 1 aromatic carbocycles. The van der Waals surface area contributed by atoms with Gasteiger partial charge in [-0.2, -0.15) is 0 Å². The van der Waals surface area contributed by atoms with Crippen molar-refractivity contribution in [2.75, 3.05) is 5.73 Å². The number of aliphatic hydroxyl groups excluding tert-OH is 1. The van der Waals surface area contributed by atoms with E-state index in [9.17, 15) is 13.5 Å². The van der Waals surface area contributed by atoms with E-state index in [0.717, 1.165) is 0 Å². The third-order valence-corrected chi connectivity index (χ3v) is 6.26. The van der Waals surface area contributed by atoms with Crippen molar-refractivity contribution in [3.63, 3.8) is 0 Å². The van der Waals surface area contributed by atoms with Gasteiger partial charge in [-0.05, 0) is 18.6 Å². The molecule has 112 valence electrons. The number of sulfonamides is 1. The van der Waals surface area contributed by atoms with Crippen LogP contribution in [0.15, 0.2) is 17.0 Å². The molecule has 0 spiro atoms. The maximum atomic E-state index is 12.3. The summed E-state index contributed by atoms with van der Waals surface area (Å²) in [6.07, 6.45) is -0.159. The molecule has 0 saturated heterocycles. The molecule has 2 rings (SSSR count). The largest absolute Gasteiger partial charge is 0.396 e. The Kier molecular flexibility index (Phi) is 3.99. The molecule has 1 saturated carbocycles. The van der Waals surface area contributed by atoms with E-state index >= 15 is 0 Å². The van der Waals surface area contributed by atoms with Crippen LogP contribution in [0.1, 0.15) is 20.3 Å². The Morgan fingerprint density at radius 3 is 2.50 bits per heavy atom. The van der Waals surface area contributed by atoms with E-state index in [1.165, 1.54) is 12.1 Å². The second-order valence-electron chi connectivity index (χ2n) is 5.52. The average Bonchev–Trinajstić information content (AvgIpc) is 2.35. The van der Waals surface area contributed by atoms with E-state index in [1.807, 2.05) is 0 Å². The van der Waals surface area contributed by atoms with Crippen molar-refractivity contribution in [3.05, 3.63) is 22.2 Å². The molecule has 5 nitrogen and oxygen atoms in total. The molecule has 0 bridgehead atoms. The quantitative estimate of drug-likeness (QED) is 0.735. The number of nitrogens with one attached hydrogen (secondary N) is 1. The van der Waals surface area contributed by atoms with Crippen LogP contribution in [0.25, 0.3) is 0 Å². The number of nitrogens with two attached hydrogens (primary N) is 1. The van der Waals surface area contributed by atoms with Crippen LogP contribution in [0.2, 0.25) is 10.0 Å². The third kappa shape index (κ3) is 2.51. The summed E-state index contributed by atoms with van der Waals surface area (Å²) in [4.78, 5) is -0.113. The van der Waals surface area contributed by atoms with Crippen LogP contribution < -0.4 is 10.5 Å². The lowest BCUT2D eigenvalue weighted by Crippen LogP contribution is -2.61. The maximum Gasteiger partial charge on any atom is 0.242 e. The van der Waals surface area contributed by atoms with Crippen molar-refractivity contribution in [3.8, 4) is 0 Å². The normalized spacial score (nSPS) is 25.2. The molecule has 0 heterocycles. The minimum atomic E-state index is -3.82. The summed E-state index contributed by atoms with van der Waals surface area (Å²) in [5, 5.41) is 9.76. The SMILES string of the molecule is CC1(C)C(O)CC1NS(=O)(=O)c1ccc(Cl)c(N)c1Cl. The van der Waals surface area contributed by atoms with Gasteiger partial charge >= 0.3 is 0 Å². The monoisotopic (exact) mass is 338 g/mol. The summed E-state index contributed by atoms with van der Waals surface area (Å²) in [6, 6.07) is 2.35. The molecule has 1 aliphatic rings. The Balaban J connectivity index is 2.31. The first kappa shape index (κ1) is 15.9. The average molecular weight is 339 g/mol. The molecular weight excluding hydrogens is 323 g/mol. The molecule has 1 aromatic rings. The summed E-state index contributed by atoms with van der Waals surface area (Å²) in [5.41, 5.74) is 5.15. The van der Waals surface area contributed by atoms with Gasteiger partial charge in [0.15, 0.2) is 0 Å². The first-order valence-corrected chi connectivity index (χ1v) is 8.25. The van der Waals surface area contributed by atoms with E-state index in [1.54, 1.807) is 13.8 Å². The van der Waals surface area contributed by atoms with Gasteiger partial charge in [-0.1, -0.05) is 37.0 Å². The summed E-state index contributed by atoms with van der Waals surface area (Å²) in [6.45, 7) is 3.60. The Morgan fingerprint density at radius 2 is 2.00 bits per heavy atom. The lowest BCUT2D eigenvalue weighted by molar-refractivity contribution is -0.0645. The van der Waals surface area contributed by atoms with Crippen molar-refractivity contribution < 1.29 is 13.5 Å². The standard InChI is InChI=1S/C12H16Cl2N2O3S/c1-12(2)8(5-9(12)17)16-20(18,19)7-4-3-6(13)11(15)10(7)14/h3-4,8-9,16-17H,5,15H2,1-2H3. The zero-order valence-electron chi connectivity index (χ0n) is 11.0. The van der Waals surface area contributed by atoms with Gasteiger partial charge in [0.1, 0.15) is 4.90 Å². The molecule has 0 aromatic heterocycles. The highest BCUT2D eigenvalue weighted by atomic mass is 35.5. The second kappa shape index (κ2) is 5.03. The Labute approximate surface area is 128 Å². The molecule has 0 radical (unpaired) electrons. The minimum absolute atomic E-state index is 0.0316. The van der Waals surface area contributed by atoms with Crippen LogP contribution >= 0.6 is 23.2 Å². The van der Waals surface area contributed by atoms with E-state index in [-0.39, 0.29) is 26.7 Å². The van der Waals surface area contributed by atoms with Crippen molar-refractivity contribution in [1.82, 2.24) is 4.72 Å². The number of hydrogen-bond donors (Lipinski definition) is 3. The van der Waals surface area contributed by atoms with E-state index in [4.69, 9.17) is 28.9 Å². The Bertz CT molecular complexity index is 646. The van der Waals surface area contributed by atoms with Gasteiger partial charge in [-0.15, -0.1) is 0 Å². The van der Waals surface area contributed by atoms with E-state index in [2.05, 4.69) is 4.72 Å². The number of anilines is 1. The highest BCUT2D eigenvalue weighted by Gasteiger charge is 2.49. The van der Waals surface area contributed by atoms with Gasteiger partial charge in [-0.3, -0.25) is 0 Å². The van der Waals surface area contributed by atoms with Gasteiger partial charge in [-0.25, -0.2) is 13.1 Å². The molecule has 0 aliphatic heterocycles. The predicted molar refractivity (Wildman–Crippen MR) is 79.4 cm³/mol. The van der Waals surface area contributed by atoms with Crippen LogP contribution in [-0.2, 0) is 10.0 Å². The topological polar surface area (TPSA) is 92.4 Å². The first-order valence-electron chi connectivity index (χ1n) is 6.01. The van der Waals surface area contributed by atoms with Gasteiger partial charge in [0.05, 0.1) is 21.8 Å². The summed E-state index contributed by atoms with van der Waals surface area (Å²) in [5.74, 6) is 0. The number of hydrogen-bond acceptors (Lipinski definition) is 4. The summed E-state index contributed by atoms with van der Waals surface area (Å²) >= 11 is 11.7. The maximum absolute atomic E-state index is 12.3. The van der Waals surface area contributed by atoms with Gasteiger partial charge in [0.2, 0.25) is 10.0 Å². The van der Waals surface area contributed by atoms with Crippen molar-refractivity contribution in [2.24, 2.45) is 5.41 Å². The first-order chi connectivity index (χ1) is 9.07. The van der Waals surface area contributed by atoms with Crippen LogP contribution in [-0.4, -0.2) is 25.7 Å². The van der Waals surface area contributed by atoms with Crippen LogP contribution in [0.3, 0.4) is 0 Å². The molecule has 1 fully saturated rings. The predicted octanol–water partition coefficient (Wildman–Crippen LogP) is 2.01. The third-order valence-electron chi connectivity index (χ3n) is 3.89. The van der Waals surface area contributed by atoms with E-state index in [0.29, 0.717) is 6.42 Å². The molecular formula is C12H16Cl2N2O3S. The van der Waals surface area contributed by atoms with Gasteiger partial charge in [0.25, 0.3) is 0 Å². The molecule has 8 heteroatoms. The van der Waals surface area contributed by atoms with Crippen molar-refractivity contribution in [2.45, 2.75) is 37.3 Å². The smallest absolute Gasteiger partial charge is 0.242 e. The fourth-order valence-corrected chi connectivity index (χ4v) is 4.28. The molecule has 2 atom stereocenters. The van der Waals surface area contributed by atoms with Crippen molar-refractivity contribution >= 4 is 38.9 Å². The number of benzene rings is 1. The minimum Gasteiger partial charge on any atom is -0.396 e. The molecule has 2 unspecified atom stereocenters. The summed E-state index contributed by atoms with van der Waals surface area (Å²) in [7, 11) is -3.82. The fraction of sp³-hybridized carbons (Fsp3) is 0.500. The van der Waals surface area contributed by atoms with Crippen LogP contribution in [0.5, 0.6) is 0 Å². The zero-order valence-corrected chi connectivity index (χ0v) is 13.4. The lowest BCUT2D eigenvalue weighted by Gasteiger charge is -2.49. The molecule has 4 N–H and O–H groups in total. The number of aliphatic hydroxyl groups is 1. The number of rotatable bonds is 3. The number of nitrogen functional groups attached to an aromatic ring is 1. The highest BCUT2D eigenvalue weighted by Crippen LogP contribution is 2.42. The Hall–Kier alpha value is -0.530. The molecule has 20 heavy (non-hydrogen) atoms. The van der Waals surface area contributed by atoms with Crippen LogP contribution in [0, 0.1) is 5.41 Å². The number of halogens is 2. The van der Waals surface area contributed by atoms with Crippen LogP contribution in [0.4, 0.5) is 5.69 Å². The van der Waals surface area contributed by atoms with Gasteiger partial charge < -0.3 is 10.8 Å². The highest BCUT2D eigenvalue weighted by molar-refractivity contribution is 7.89. The molecule has 1 aliphatic carbocycles. The van der Waals surface area contributed by atoms with E-state index < -0.39 is 21.5 Å². The Morgan fingerprint density at radius 1 is 1.40 bits per heavy atom.